The molecule has 0 N–H and O–H groups in total. The molecule has 0 radical (unpaired) electrons. The second-order valence-corrected chi connectivity index (χ2v) is 5.96. The molecule has 0 atom stereocenters. The average molecular weight is 340 g/mol. The molecular weight excluding hydrogens is 323 g/mol. The molecule has 5 nitrogen and oxygen atoms in total. The number of carbonyl (C=O) groups is 2. The maximum absolute atomic E-state index is 13.3. The van der Waals surface area contributed by atoms with Crippen molar-refractivity contribution in [3.63, 3.8) is 0 Å². The third kappa shape index (κ3) is 2.80. The van der Waals surface area contributed by atoms with Crippen molar-refractivity contribution in [2.45, 2.75) is 19.8 Å². The molecule has 0 aliphatic rings. The Balaban J connectivity index is 2.40. The maximum Gasteiger partial charge on any atom is 0.356 e. The number of rotatable bonds is 4. The second kappa shape index (κ2) is 6.47. The third-order valence-corrected chi connectivity index (χ3v) is 4.08. The van der Waals surface area contributed by atoms with E-state index in [1.54, 1.807) is 24.3 Å². The SMILES string of the molecule is COC(=O)c1ccc2c(C(C)C)c(C=O)c(-c3ccc(F)cc3)nn12. The van der Waals surface area contributed by atoms with Gasteiger partial charge in [-0.05, 0) is 47.9 Å². The first-order valence-electron chi connectivity index (χ1n) is 7.83. The highest BCUT2D eigenvalue weighted by Crippen LogP contribution is 2.31. The maximum atomic E-state index is 13.3. The van der Waals surface area contributed by atoms with Crippen LogP contribution in [0, 0.1) is 5.82 Å². The van der Waals surface area contributed by atoms with Gasteiger partial charge < -0.3 is 4.74 Å². The van der Waals surface area contributed by atoms with Crippen LogP contribution in [0.25, 0.3) is 16.8 Å². The van der Waals surface area contributed by atoms with E-state index >= 15 is 0 Å². The molecule has 0 aliphatic carbocycles. The van der Waals surface area contributed by atoms with Gasteiger partial charge in [0.1, 0.15) is 11.5 Å². The summed E-state index contributed by atoms with van der Waals surface area (Å²) in [6.45, 7) is 3.92. The average Bonchev–Trinajstić information content (AvgIpc) is 3.03. The molecule has 6 heteroatoms. The van der Waals surface area contributed by atoms with E-state index in [1.807, 2.05) is 13.8 Å². The first-order chi connectivity index (χ1) is 12.0. The lowest BCUT2D eigenvalue weighted by Crippen LogP contribution is -2.12. The second-order valence-electron chi connectivity index (χ2n) is 5.96. The van der Waals surface area contributed by atoms with E-state index in [4.69, 9.17) is 4.74 Å². The number of ether oxygens (including phenoxy) is 1. The van der Waals surface area contributed by atoms with Crippen LogP contribution in [0.5, 0.6) is 0 Å². The lowest BCUT2D eigenvalue weighted by molar-refractivity contribution is 0.0591. The number of benzene rings is 1. The highest BCUT2D eigenvalue weighted by Gasteiger charge is 2.22. The van der Waals surface area contributed by atoms with E-state index in [0.29, 0.717) is 22.3 Å². The molecule has 0 bridgehead atoms. The number of halogens is 1. The summed E-state index contributed by atoms with van der Waals surface area (Å²) < 4.78 is 19.5. The highest BCUT2D eigenvalue weighted by molar-refractivity contribution is 5.93. The van der Waals surface area contributed by atoms with Crippen molar-refractivity contribution < 1.29 is 18.7 Å². The molecule has 0 fully saturated rings. The molecule has 128 valence electrons. The van der Waals surface area contributed by atoms with Gasteiger partial charge in [-0.1, -0.05) is 13.8 Å². The number of hydrogen-bond donors (Lipinski definition) is 0. The van der Waals surface area contributed by atoms with Crippen molar-refractivity contribution >= 4 is 17.8 Å². The van der Waals surface area contributed by atoms with Gasteiger partial charge in [-0.2, -0.15) is 5.10 Å². The lowest BCUT2D eigenvalue weighted by atomic mass is 9.94. The number of methoxy groups -OCH3 is 1. The zero-order valence-corrected chi connectivity index (χ0v) is 14.1. The minimum absolute atomic E-state index is 0.0188. The predicted octanol–water partition coefficient (Wildman–Crippen LogP) is 3.86. The van der Waals surface area contributed by atoms with Crippen LogP contribution in [-0.2, 0) is 4.74 Å². The topological polar surface area (TPSA) is 60.7 Å². The minimum Gasteiger partial charge on any atom is -0.464 e. The van der Waals surface area contributed by atoms with E-state index in [0.717, 1.165) is 11.8 Å². The number of aromatic nitrogens is 2. The van der Waals surface area contributed by atoms with Gasteiger partial charge in [0.15, 0.2) is 12.0 Å². The Hall–Kier alpha value is -3.02. The molecular formula is C19H17FN2O3. The smallest absolute Gasteiger partial charge is 0.356 e. The molecule has 0 aliphatic heterocycles. The van der Waals surface area contributed by atoms with Gasteiger partial charge in [0.05, 0.1) is 12.6 Å². The van der Waals surface area contributed by atoms with Crippen molar-refractivity contribution in [1.29, 1.82) is 0 Å². The summed E-state index contributed by atoms with van der Waals surface area (Å²) in [6, 6.07) is 9.09. The van der Waals surface area contributed by atoms with Gasteiger partial charge in [0.25, 0.3) is 0 Å². The van der Waals surface area contributed by atoms with Gasteiger partial charge in [-0.15, -0.1) is 0 Å². The van der Waals surface area contributed by atoms with E-state index in [-0.39, 0.29) is 17.4 Å². The molecule has 3 rings (SSSR count). The molecule has 2 aromatic heterocycles. The van der Waals surface area contributed by atoms with Gasteiger partial charge in [-0.3, -0.25) is 4.79 Å². The van der Waals surface area contributed by atoms with Crippen LogP contribution in [-0.4, -0.2) is 29.0 Å². The van der Waals surface area contributed by atoms with Crippen molar-refractivity contribution in [3.05, 3.63) is 59.0 Å². The first kappa shape index (κ1) is 16.8. The van der Waals surface area contributed by atoms with Crippen molar-refractivity contribution in [2.75, 3.05) is 7.11 Å². The van der Waals surface area contributed by atoms with E-state index in [2.05, 4.69) is 5.10 Å². The summed E-state index contributed by atoms with van der Waals surface area (Å²) in [5, 5.41) is 4.48. The Bertz CT molecular complexity index is 959. The van der Waals surface area contributed by atoms with Crippen LogP contribution in [0.1, 0.15) is 46.2 Å². The fourth-order valence-electron chi connectivity index (χ4n) is 2.97. The molecule has 0 saturated heterocycles. The fourth-order valence-corrected chi connectivity index (χ4v) is 2.97. The quantitative estimate of drug-likeness (QED) is 0.534. The van der Waals surface area contributed by atoms with Crippen molar-refractivity contribution in [1.82, 2.24) is 9.61 Å². The lowest BCUT2D eigenvalue weighted by Gasteiger charge is -2.16. The molecule has 0 unspecified atom stereocenters. The molecule has 2 heterocycles. The largest absolute Gasteiger partial charge is 0.464 e. The Labute approximate surface area is 144 Å². The number of hydrogen-bond acceptors (Lipinski definition) is 4. The number of aldehydes is 1. The summed E-state index contributed by atoms with van der Waals surface area (Å²) in [4.78, 5) is 23.8. The fraction of sp³-hybridized carbons (Fsp3) is 0.211. The van der Waals surface area contributed by atoms with Crippen LogP contribution < -0.4 is 0 Å². The number of nitrogens with zero attached hydrogens (tertiary/aromatic N) is 2. The van der Waals surface area contributed by atoms with E-state index in [9.17, 15) is 14.0 Å². The Morgan fingerprint density at radius 3 is 2.44 bits per heavy atom. The van der Waals surface area contributed by atoms with E-state index in [1.165, 1.54) is 23.8 Å². The Morgan fingerprint density at radius 1 is 1.20 bits per heavy atom. The number of carbonyl (C=O) groups excluding carboxylic acids is 2. The number of esters is 1. The molecule has 3 aromatic rings. The molecule has 0 saturated carbocycles. The third-order valence-electron chi connectivity index (χ3n) is 4.08. The van der Waals surface area contributed by atoms with Crippen LogP contribution in [0.3, 0.4) is 0 Å². The molecule has 0 spiro atoms. The van der Waals surface area contributed by atoms with Crippen LogP contribution in [0.4, 0.5) is 4.39 Å². The van der Waals surface area contributed by atoms with Gasteiger partial charge >= 0.3 is 5.97 Å². The summed E-state index contributed by atoms with van der Waals surface area (Å²) >= 11 is 0. The molecule has 1 aromatic carbocycles. The number of fused-ring (bicyclic) bond motifs is 1. The summed E-state index contributed by atoms with van der Waals surface area (Å²) in [7, 11) is 1.30. The zero-order valence-electron chi connectivity index (χ0n) is 14.1. The van der Waals surface area contributed by atoms with Crippen molar-refractivity contribution in [2.24, 2.45) is 0 Å². The summed E-state index contributed by atoms with van der Waals surface area (Å²) in [6.07, 6.45) is 0.756. The summed E-state index contributed by atoms with van der Waals surface area (Å²) in [5.41, 5.74) is 3.14. The van der Waals surface area contributed by atoms with E-state index < -0.39 is 5.97 Å². The van der Waals surface area contributed by atoms with Crippen LogP contribution in [0.15, 0.2) is 36.4 Å². The zero-order chi connectivity index (χ0) is 18.1. The monoisotopic (exact) mass is 340 g/mol. The molecule has 0 amide bonds. The van der Waals surface area contributed by atoms with Crippen molar-refractivity contribution in [3.8, 4) is 11.3 Å². The van der Waals surface area contributed by atoms with Gasteiger partial charge in [-0.25, -0.2) is 13.7 Å². The van der Waals surface area contributed by atoms with Crippen LogP contribution >= 0.6 is 0 Å². The summed E-state index contributed by atoms with van der Waals surface area (Å²) in [5.74, 6) is -0.880. The first-order valence-corrected chi connectivity index (χ1v) is 7.83. The standard InChI is InChI=1S/C19H17FN2O3/c1-11(2)17-14(10-23)18(12-4-6-13(20)7-5-12)21-22-15(17)8-9-16(22)19(24)25-3/h4-11H,1-3H3. The Morgan fingerprint density at radius 2 is 1.88 bits per heavy atom. The minimum atomic E-state index is -0.522. The van der Waals surface area contributed by atoms with Gasteiger partial charge in [0.2, 0.25) is 0 Å². The highest BCUT2D eigenvalue weighted by atomic mass is 19.1. The Kier molecular flexibility index (Phi) is 4.35. The van der Waals surface area contributed by atoms with Crippen LogP contribution in [0.2, 0.25) is 0 Å². The van der Waals surface area contributed by atoms with Gasteiger partial charge in [0, 0.05) is 11.1 Å². The molecule has 25 heavy (non-hydrogen) atoms. The predicted molar refractivity (Wildman–Crippen MR) is 91.4 cm³/mol. The normalized spacial score (nSPS) is 11.1.